The Bertz CT molecular complexity index is 869. The maximum absolute atomic E-state index is 4.82. The Kier molecular flexibility index (Phi) is 4.61. The van der Waals surface area contributed by atoms with Gasteiger partial charge in [-0.15, -0.1) is 0 Å². The van der Waals surface area contributed by atoms with Crippen LogP contribution in [0.25, 0.3) is 11.1 Å². The summed E-state index contributed by atoms with van der Waals surface area (Å²) in [6.07, 6.45) is 0. The van der Waals surface area contributed by atoms with Gasteiger partial charge >= 0.3 is 0 Å². The lowest BCUT2D eigenvalue weighted by molar-refractivity contribution is 1.34. The van der Waals surface area contributed by atoms with Crippen molar-refractivity contribution in [1.82, 2.24) is 0 Å². The van der Waals surface area contributed by atoms with E-state index in [-0.39, 0.29) is 0 Å². The van der Waals surface area contributed by atoms with Crippen LogP contribution < -0.4 is 0 Å². The fourth-order valence-corrected chi connectivity index (χ4v) is 2.73. The number of benzene rings is 3. The van der Waals surface area contributed by atoms with Crippen LogP contribution in [0.2, 0.25) is 0 Å². The Labute approximate surface area is 144 Å². The van der Waals surface area contributed by atoms with Crippen LogP contribution in [0.15, 0.2) is 71.7 Å². The number of nitrogens with zero attached hydrogens (tertiary/aromatic N) is 1. The van der Waals surface area contributed by atoms with Crippen LogP contribution in [0.5, 0.6) is 0 Å². The summed E-state index contributed by atoms with van der Waals surface area (Å²) in [5.74, 6) is 0. The average Bonchev–Trinajstić information content (AvgIpc) is 2.59. The van der Waals surface area contributed by atoms with Gasteiger partial charge in [0, 0.05) is 5.71 Å². The van der Waals surface area contributed by atoms with E-state index in [1.165, 1.54) is 27.8 Å². The third-order valence-corrected chi connectivity index (χ3v) is 4.34. The molecule has 0 atom stereocenters. The lowest BCUT2D eigenvalue weighted by Crippen LogP contribution is -1.94. The number of hydrogen-bond donors (Lipinski definition) is 0. The molecule has 0 fully saturated rings. The summed E-state index contributed by atoms with van der Waals surface area (Å²) in [6, 6.07) is 23.7. The van der Waals surface area contributed by atoms with Gasteiger partial charge in [0.25, 0.3) is 0 Å². The van der Waals surface area contributed by atoms with Crippen molar-refractivity contribution in [3.8, 4) is 11.1 Å². The molecule has 3 aromatic rings. The van der Waals surface area contributed by atoms with Crippen LogP contribution in [-0.4, -0.2) is 5.71 Å². The fourth-order valence-electron chi connectivity index (χ4n) is 2.73. The molecular formula is C23H23N. The Morgan fingerprint density at radius 3 is 1.83 bits per heavy atom. The molecule has 120 valence electrons. The van der Waals surface area contributed by atoms with E-state index >= 15 is 0 Å². The van der Waals surface area contributed by atoms with E-state index in [0.29, 0.717) is 0 Å². The highest BCUT2D eigenvalue weighted by Crippen LogP contribution is 2.23. The molecule has 24 heavy (non-hydrogen) atoms. The predicted molar refractivity (Wildman–Crippen MR) is 104 cm³/mol. The summed E-state index contributed by atoms with van der Waals surface area (Å²) in [6.45, 7) is 8.39. The second-order valence-corrected chi connectivity index (χ2v) is 6.43. The molecule has 3 rings (SSSR count). The van der Waals surface area contributed by atoms with Gasteiger partial charge in [-0.25, -0.2) is 0 Å². The Balaban J connectivity index is 1.88. The van der Waals surface area contributed by atoms with Gasteiger partial charge in [0.05, 0.1) is 5.69 Å². The van der Waals surface area contributed by atoms with Gasteiger partial charge in [-0.05, 0) is 61.6 Å². The van der Waals surface area contributed by atoms with E-state index in [2.05, 4.69) is 94.4 Å². The predicted octanol–water partition coefficient (Wildman–Crippen LogP) is 6.42. The Hall–Kier alpha value is -2.67. The van der Waals surface area contributed by atoms with Crippen molar-refractivity contribution in [2.24, 2.45) is 4.99 Å². The molecule has 0 unspecified atom stereocenters. The van der Waals surface area contributed by atoms with Gasteiger partial charge in [0.15, 0.2) is 0 Å². The minimum atomic E-state index is 1.04. The molecule has 0 aliphatic carbocycles. The first-order valence-electron chi connectivity index (χ1n) is 8.33. The summed E-state index contributed by atoms with van der Waals surface area (Å²) in [5.41, 5.74) is 9.46. The lowest BCUT2D eigenvalue weighted by Gasteiger charge is -2.07. The molecule has 0 saturated heterocycles. The van der Waals surface area contributed by atoms with Gasteiger partial charge in [-0.3, -0.25) is 4.99 Å². The van der Waals surface area contributed by atoms with Crippen molar-refractivity contribution < 1.29 is 0 Å². The smallest absolute Gasteiger partial charge is 0.0664 e. The van der Waals surface area contributed by atoms with Gasteiger partial charge in [0.2, 0.25) is 0 Å². The van der Waals surface area contributed by atoms with E-state index in [1.807, 2.05) is 0 Å². The van der Waals surface area contributed by atoms with Crippen molar-refractivity contribution in [2.45, 2.75) is 27.7 Å². The molecule has 0 heterocycles. The van der Waals surface area contributed by atoms with Gasteiger partial charge in [-0.2, -0.15) is 0 Å². The second kappa shape index (κ2) is 6.84. The van der Waals surface area contributed by atoms with Crippen LogP contribution in [0.1, 0.15) is 29.2 Å². The highest BCUT2D eigenvalue weighted by atomic mass is 14.7. The number of aliphatic imine (C=N–C) groups is 1. The third kappa shape index (κ3) is 3.62. The average molecular weight is 313 g/mol. The normalized spacial score (nSPS) is 11.6. The summed E-state index contributed by atoms with van der Waals surface area (Å²) in [4.78, 5) is 4.82. The zero-order valence-electron chi connectivity index (χ0n) is 14.8. The number of aryl methyl sites for hydroxylation is 3. The first kappa shape index (κ1) is 16.2. The topological polar surface area (TPSA) is 12.4 Å². The number of rotatable bonds is 3. The molecule has 1 nitrogen and oxygen atoms in total. The standard InChI is InChI=1S/C23H23N/c1-16-6-9-21(10-7-16)22-13-11-20(12-14-22)19(4)24-23-15-17(2)5-8-18(23)3/h5-15H,1-4H3. The molecular weight excluding hydrogens is 290 g/mol. The van der Waals surface area contributed by atoms with Crippen molar-refractivity contribution in [3.05, 3.63) is 89.0 Å². The van der Waals surface area contributed by atoms with E-state index in [1.54, 1.807) is 0 Å². The summed E-state index contributed by atoms with van der Waals surface area (Å²) in [5, 5.41) is 0. The Morgan fingerprint density at radius 2 is 1.21 bits per heavy atom. The van der Waals surface area contributed by atoms with Crippen LogP contribution in [0.3, 0.4) is 0 Å². The molecule has 0 aliphatic heterocycles. The lowest BCUT2D eigenvalue weighted by atomic mass is 10.0. The van der Waals surface area contributed by atoms with Crippen LogP contribution >= 0.6 is 0 Å². The number of hydrogen-bond acceptors (Lipinski definition) is 1. The van der Waals surface area contributed by atoms with Crippen LogP contribution in [-0.2, 0) is 0 Å². The van der Waals surface area contributed by atoms with E-state index in [0.717, 1.165) is 17.0 Å². The zero-order chi connectivity index (χ0) is 17.1. The van der Waals surface area contributed by atoms with Crippen LogP contribution in [0, 0.1) is 20.8 Å². The third-order valence-electron chi connectivity index (χ3n) is 4.34. The monoisotopic (exact) mass is 313 g/mol. The van der Waals surface area contributed by atoms with E-state index in [4.69, 9.17) is 4.99 Å². The highest BCUT2D eigenvalue weighted by molar-refractivity contribution is 6.00. The minimum Gasteiger partial charge on any atom is -0.253 e. The molecule has 0 spiro atoms. The molecule has 0 aliphatic rings. The molecule has 1 heteroatoms. The first-order valence-corrected chi connectivity index (χ1v) is 8.33. The maximum Gasteiger partial charge on any atom is 0.0664 e. The maximum atomic E-state index is 4.82. The van der Waals surface area contributed by atoms with Gasteiger partial charge < -0.3 is 0 Å². The van der Waals surface area contributed by atoms with Crippen molar-refractivity contribution in [3.63, 3.8) is 0 Å². The molecule has 0 amide bonds. The summed E-state index contributed by atoms with van der Waals surface area (Å²) in [7, 11) is 0. The van der Waals surface area contributed by atoms with Crippen molar-refractivity contribution in [2.75, 3.05) is 0 Å². The van der Waals surface area contributed by atoms with Gasteiger partial charge in [-0.1, -0.05) is 66.2 Å². The summed E-state index contributed by atoms with van der Waals surface area (Å²) >= 11 is 0. The fraction of sp³-hybridized carbons (Fsp3) is 0.174. The second-order valence-electron chi connectivity index (χ2n) is 6.43. The van der Waals surface area contributed by atoms with E-state index < -0.39 is 0 Å². The largest absolute Gasteiger partial charge is 0.253 e. The molecule has 0 bridgehead atoms. The quantitative estimate of drug-likeness (QED) is 0.495. The van der Waals surface area contributed by atoms with Crippen molar-refractivity contribution >= 4 is 11.4 Å². The SMILES string of the molecule is CC(=Nc1cc(C)ccc1C)c1ccc(-c2ccc(C)cc2)cc1. The zero-order valence-corrected chi connectivity index (χ0v) is 14.8. The molecule has 0 N–H and O–H groups in total. The molecule has 0 saturated carbocycles. The van der Waals surface area contributed by atoms with Crippen molar-refractivity contribution in [1.29, 1.82) is 0 Å². The molecule has 0 aromatic heterocycles. The first-order chi connectivity index (χ1) is 11.5. The summed E-state index contributed by atoms with van der Waals surface area (Å²) < 4.78 is 0. The minimum absolute atomic E-state index is 1.04. The Morgan fingerprint density at radius 1 is 0.667 bits per heavy atom. The van der Waals surface area contributed by atoms with Crippen LogP contribution in [0.4, 0.5) is 5.69 Å². The van der Waals surface area contributed by atoms with E-state index in [9.17, 15) is 0 Å². The molecule has 3 aromatic carbocycles. The highest BCUT2D eigenvalue weighted by Gasteiger charge is 2.03. The van der Waals surface area contributed by atoms with Gasteiger partial charge in [0.1, 0.15) is 0 Å². The molecule has 0 radical (unpaired) electrons.